The Morgan fingerprint density at radius 1 is 0.966 bits per heavy atom. The minimum Gasteiger partial charge on any atom is -0.247 e. The standard InChI is InChI=1S/C22H24N4O2S/c27-29(28,21-11-10-17-6-4-5-9-19(17)14-21)25-13-12-20(15-25)26-16-22(23-24-26)18-7-2-1-3-8-18/h1-3,7-8,10-11,14,16,20H,4-6,9,12-13,15H2/t20-/m1/s1. The fraction of sp³-hybridized carbons (Fsp3) is 0.364. The second kappa shape index (κ2) is 7.39. The van der Waals surface area contributed by atoms with Gasteiger partial charge in [0.25, 0.3) is 0 Å². The zero-order chi connectivity index (χ0) is 19.8. The van der Waals surface area contributed by atoms with Crippen LogP contribution in [-0.2, 0) is 22.9 Å². The molecule has 0 unspecified atom stereocenters. The van der Waals surface area contributed by atoms with Crippen molar-refractivity contribution >= 4 is 10.0 Å². The summed E-state index contributed by atoms with van der Waals surface area (Å²) >= 11 is 0. The number of rotatable bonds is 4. The molecule has 29 heavy (non-hydrogen) atoms. The Balaban J connectivity index is 1.35. The molecule has 0 saturated carbocycles. The smallest absolute Gasteiger partial charge is 0.243 e. The Morgan fingerprint density at radius 3 is 2.59 bits per heavy atom. The molecule has 0 amide bonds. The minimum absolute atomic E-state index is 0.00682. The van der Waals surface area contributed by atoms with E-state index in [-0.39, 0.29) is 6.04 Å². The van der Waals surface area contributed by atoms with Crippen molar-refractivity contribution in [3.8, 4) is 11.3 Å². The predicted octanol–water partition coefficient (Wildman–Crippen LogP) is 3.46. The van der Waals surface area contributed by atoms with Gasteiger partial charge in [0.05, 0.1) is 17.1 Å². The van der Waals surface area contributed by atoms with E-state index in [1.807, 2.05) is 53.3 Å². The van der Waals surface area contributed by atoms with Crippen LogP contribution in [0.5, 0.6) is 0 Å². The molecular weight excluding hydrogens is 384 g/mol. The number of aromatic nitrogens is 3. The molecule has 5 rings (SSSR count). The van der Waals surface area contributed by atoms with Gasteiger partial charge in [-0.2, -0.15) is 4.31 Å². The molecule has 2 aromatic carbocycles. The van der Waals surface area contributed by atoms with Crippen molar-refractivity contribution < 1.29 is 8.42 Å². The van der Waals surface area contributed by atoms with Gasteiger partial charge in [-0.05, 0) is 55.4 Å². The quantitative estimate of drug-likeness (QED) is 0.663. The van der Waals surface area contributed by atoms with Gasteiger partial charge in [-0.25, -0.2) is 13.1 Å². The molecule has 1 aliphatic heterocycles. The summed E-state index contributed by atoms with van der Waals surface area (Å²) in [5.41, 5.74) is 4.30. The van der Waals surface area contributed by atoms with Crippen molar-refractivity contribution in [3.05, 3.63) is 65.9 Å². The van der Waals surface area contributed by atoms with E-state index in [1.165, 1.54) is 17.5 Å². The summed E-state index contributed by atoms with van der Waals surface area (Å²) in [5.74, 6) is 0. The molecular formula is C22H24N4O2S. The lowest BCUT2D eigenvalue weighted by molar-refractivity contribution is 0.428. The van der Waals surface area contributed by atoms with Gasteiger partial charge in [-0.1, -0.05) is 41.6 Å². The van der Waals surface area contributed by atoms with Gasteiger partial charge in [0.2, 0.25) is 10.0 Å². The summed E-state index contributed by atoms with van der Waals surface area (Å²) in [5, 5.41) is 8.54. The maximum Gasteiger partial charge on any atom is 0.243 e. The molecule has 2 aliphatic rings. The second-order valence-electron chi connectivity index (χ2n) is 7.89. The van der Waals surface area contributed by atoms with Gasteiger partial charge < -0.3 is 0 Å². The Labute approximate surface area is 171 Å². The molecule has 1 atom stereocenters. The Kier molecular flexibility index (Phi) is 4.72. The van der Waals surface area contributed by atoms with Crippen LogP contribution in [0.15, 0.2) is 59.6 Å². The fourth-order valence-electron chi connectivity index (χ4n) is 4.36. The summed E-state index contributed by atoms with van der Waals surface area (Å²) in [6.45, 7) is 0.932. The highest BCUT2D eigenvalue weighted by Crippen LogP contribution is 2.30. The van der Waals surface area contributed by atoms with E-state index < -0.39 is 10.0 Å². The van der Waals surface area contributed by atoms with Gasteiger partial charge in [-0.15, -0.1) is 5.10 Å². The SMILES string of the molecule is O=S(=O)(c1ccc2c(c1)CCCC2)N1CC[C@@H](n2cc(-c3ccccc3)nn2)C1. The van der Waals surface area contributed by atoms with E-state index in [4.69, 9.17) is 0 Å². The molecule has 6 nitrogen and oxygen atoms in total. The lowest BCUT2D eigenvalue weighted by Gasteiger charge is -2.20. The molecule has 0 radical (unpaired) electrons. The third kappa shape index (κ3) is 3.49. The first-order valence-corrected chi connectivity index (χ1v) is 11.6. The normalized spacial score (nSPS) is 19.9. The number of fused-ring (bicyclic) bond motifs is 1. The number of hydrogen-bond donors (Lipinski definition) is 0. The first kappa shape index (κ1) is 18.5. The Hall–Kier alpha value is -2.51. The van der Waals surface area contributed by atoms with Crippen LogP contribution in [0.1, 0.15) is 36.4 Å². The average Bonchev–Trinajstić information content (AvgIpc) is 3.44. The van der Waals surface area contributed by atoms with Crippen molar-refractivity contribution in [1.82, 2.24) is 19.3 Å². The summed E-state index contributed by atoms with van der Waals surface area (Å²) in [4.78, 5) is 0.419. The summed E-state index contributed by atoms with van der Waals surface area (Å²) < 4.78 is 29.8. The van der Waals surface area contributed by atoms with Crippen LogP contribution in [0.4, 0.5) is 0 Å². The molecule has 1 aliphatic carbocycles. The van der Waals surface area contributed by atoms with Crippen molar-refractivity contribution in [2.24, 2.45) is 0 Å². The molecule has 7 heteroatoms. The second-order valence-corrected chi connectivity index (χ2v) is 9.83. The fourth-order valence-corrected chi connectivity index (χ4v) is 5.90. The summed E-state index contributed by atoms with van der Waals surface area (Å²) in [6.07, 6.45) is 7.00. The number of hydrogen-bond acceptors (Lipinski definition) is 4. The van der Waals surface area contributed by atoms with Crippen LogP contribution >= 0.6 is 0 Å². The van der Waals surface area contributed by atoms with Gasteiger partial charge in [0, 0.05) is 18.7 Å². The van der Waals surface area contributed by atoms with E-state index in [0.717, 1.165) is 36.9 Å². The van der Waals surface area contributed by atoms with Gasteiger partial charge in [-0.3, -0.25) is 0 Å². The van der Waals surface area contributed by atoms with Crippen LogP contribution in [-0.4, -0.2) is 40.8 Å². The third-order valence-electron chi connectivity index (χ3n) is 6.04. The van der Waals surface area contributed by atoms with Crippen LogP contribution in [0.25, 0.3) is 11.3 Å². The minimum atomic E-state index is -3.49. The van der Waals surface area contributed by atoms with E-state index in [1.54, 1.807) is 10.4 Å². The van der Waals surface area contributed by atoms with E-state index in [2.05, 4.69) is 10.3 Å². The maximum absolute atomic E-state index is 13.2. The lowest BCUT2D eigenvalue weighted by Crippen LogP contribution is -2.29. The number of aryl methyl sites for hydroxylation is 2. The highest BCUT2D eigenvalue weighted by molar-refractivity contribution is 7.89. The zero-order valence-electron chi connectivity index (χ0n) is 16.2. The maximum atomic E-state index is 13.2. The van der Waals surface area contributed by atoms with Crippen molar-refractivity contribution in [2.75, 3.05) is 13.1 Å². The predicted molar refractivity (Wildman–Crippen MR) is 111 cm³/mol. The third-order valence-corrected chi connectivity index (χ3v) is 7.90. The topological polar surface area (TPSA) is 68.1 Å². The molecule has 1 fully saturated rings. The number of nitrogens with zero attached hydrogens (tertiary/aromatic N) is 4. The highest BCUT2D eigenvalue weighted by Gasteiger charge is 2.34. The van der Waals surface area contributed by atoms with Crippen molar-refractivity contribution in [2.45, 2.75) is 43.0 Å². The van der Waals surface area contributed by atoms with Crippen molar-refractivity contribution in [1.29, 1.82) is 0 Å². The molecule has 2 heterocycles. The molecule has 0 spiro atoms. The number of sulfonamides is 1. The lowest BCUT2D eigenvalue weighted by atomic mass is 9.92. The first-order valence-electron chi connectivity index (χ1n) is 10.2. The van der Waals surface area contributed by atoms with E-state index >= 15 is 0 Å². The zero-order valence-corrected chi connectivity index (χ0v) is 17.1. The van der Waals surface area contributed by atoms with Crippen LogP contribution in [0.3, 0.4) is 0 Å². The van der Waals surface area contributed by atoms with Crippen LogP contribution in [0, 0.1) is 0 Å². The van der Waals surface area contributed by atoms with E-state index in [9.17, 15) is 8.42 Å². The number of benzene rings is 2. The molecule has 0 bridgehead atoms. The van der Waals surface area contributed by atoms with Crippen LogP contribution in [0.2, 0.25) is 0 Å². The summed E-state index contributed by atoms with van der Waals surface area (Å²) in [6, 6.07) is 15.6. The van der Waals surface area contributed by atoms with Crippen molar-refractivity contribution in [3.63, 3.8) is 0 Å². The Bertz CT molecular complexity index is 1120. The Morgan fingerprint density at radius 2 is 1.76 bits per heavy atom. The molecule has 1 aromatic heterocycles. The van der Waals surface area contributed by atoms with Gasteiger partial charge in [0.1, 0.15) is 5.69 Å². The molecule has 1 saturated heterocycles. The first-order chi connectivity index (χ1) is 14.1. The molecule has 3 aromatic rings. The average molecular weight is 409 g/mol. The monoisotopic (exact) mass is 408 g/mol. The van der Waals surface area contributed by atoms with Gasteiger partial charge >= 0.3 is 0 Å². The largest absolute Gasteiger partial charge is 0.247 e. The van der Waals surface area contributed by atoms with E-state index in [0.29, 0.717) is 18.0 Å². The van der Waals surface area contributed by atoms with Crippen LogP contribution < -0.4 is 0 Å². The van der Waals surface area contributed by atoms with Gasteiger partial charge in [0.15, 0.2) is 0 Å². The molecule has 150 valence electrons. The highest BCUT2D eigenvalue weighted by atomic mass is 32.2. The molecule has 0 N–H and O–H groups in total. The summed E-state index contributed by atoms with van der Waals surface area (Å²) in [7, 11) is -3.49.